The predicted molar refractivity (Wildman–Crippen MR) is 142 cm³/mol. The van der Waals surface area contributed by atoms with E-state index in [1.807, 2.05) is 0 Å². The number of benzene rings is 2. The number of anilines is 2. The molecular formula is C26H31F2N3O6S2. The lowest BCUT2D eigenvalue weighted by atomic mass is 9.81. The maximum atomic E-state index is 13.8. The first kappa shape index (κ1) is 27.9. The summed E-state index contributed by atoms with van der Waals surface area (Å²) >= 11 is 0. The normalized spacial score (nSPS) is 20.7. The fraction of sp³-hybridized carbons (Fsp3) is 0.500. The molecule has 1 saturated heterocycles. The van der Waals surface area contributed by atoms with Crippen LogP contribution in [0.3, 0.4) is 0 Å². The predicted octanol–water partition coefficient (Wildman–Crippen LogP) is 3.31. The van der Waals surface area contributed by atoms with Gasteiger partial charge >= 0.3 is 0 Å². The molecule has 0 aromatic heterocycles. The largest absolute Gasteiger partial charge is 0.395 e. The summed E-state index contributed by atoms with van der Waals surface area (Å²) in [4.78, 5) is 15.3. The summed E-state index contributed by atoms with van der Waals surface area (Å²) in [6, 6.07) is 10.7. The van der Waals surface area contributed by atoms with Gasteiger partial charge in [-0.2, -0.15) is 4.31 Å². The average molecular weight is 584 g/mol. The van der Waals surface area contributed by atoms with Crippen molar-refractivity contribution in [3.63, 3.8) is 0 Å². The summed E-state index contributed by atoms with van der Waals surface area (Å²) < 4.78 is 81.4. The summed E-state index contributed by atoms with van der Waals surface area (Å²) in [5.74, 6) is -3.71. The van der Waals surface area contributed by atoms with E-state index in [1.165, 1.54) is 24.3 Å². The molecule has 212 valence electrons. The molecule has 0 bridgehead atoms. The molecule has 9 nitrogen and oxygen atoms in total. The molecule has 2 N–H and O–H groups in total. The lowest BCUT2D eigenvalue weighted by Gasteiger charge is -2.31. The van der Waals surface area contributed by atoms with Crippen LogP contribution in [0.15, 0.2) is 47.4 Å². The Hall–Kier alpha value is -2.61. The molecule has 1 spiro atoms. The van der Waals surface area contributed by atoms with E-state index < -0.39 is 57.1 Å². The van der Waals surface area contributed by atoms with Crippen molar-refractivity contribution in [1.29, 1.82) is 0 Å². The lowest BCUT2D eigenvalue weighted by Crippen LogP contribution is -2.42. The first-order chi connectivity index (χ1) is 18.4. The molecule has 1 aliphatic carbocycles. The molecule has 3 aliphatic rings. The van der Waals surface area contributed by atoms with Crippen LogP contribution in [0.1, 0.15) is 54.4 Å². The highest BCUT2D eigenvalue weighted by molar-refractivity contribution is 7.92. The standard InChI is InChI=1S/C26H31F2N3O6S2/c27-26(28)10-12-30(13-11-26)39(36,37)21-5-3-4-19(16-21)24(33)31-18-25(8-1-2-9-25)22-17-20(6-7-23(22)31)29-38(34,35)15-14-32/h3-7,16-17,29,32H,1-2,8-15,18H2. The topological polar surface area (TPSA) is 124 Å². The van der Waals surface area contributed by atoms with E-state index in [2.05, 4.69) is 4.72 Å². The van der Waals surface area contributed by atoms with E-state index >= 15 is 0 Å². The van der Waals surface area contributed by atoms with Gasteiger partial charge in [0.1, 0.15) is 0 Å². The first-order valence-corrected chi connectivity index (χ1v) is 16.0. The van der Waals surface area contributed by atoms with Gasteiger partial charge in [-0.05, 0) is 54.8 Å². The molecule has 0 radical (unpaired) electrons. The molecule has 0 unspecified atom stereocenters. The molecule has 0 atom stereocenters. The minimum atomic E-state index is -4.06. The Morgan fingerprint density at radius 2 is 1.67 bits per heavy atom. The van der Waals surface area contributed by atoms with Crippen molar-refractivity contribution in [2.45, 2.75) is 54.8 Å². The summed E-state index contributed by atoms with van der Waals surface area (Å²) in [5, 5.41) is 9.04. The number of sulfonamides is 2. The van der Waals surface area contributed by atoms with Gasteiger partial charge in [-0.25, -0.2) is 25.6 Å². The third-order valence-corrected chi connectivity index (χ3v) is 11.1. The molecule has 2 heterocycles. The van der Waals surface area contributed by atoms with E-state index in [0.717, 1.165) is 35.6 Å². The van der Waals surface area contributed by atoms with Crippen LogP contribution in [0.4, 0.5) is 20.2 Å². The maximum absolute atomic E-state index is 13.8. The Morgan fingerprint density at radius 3 is 2.33 bits per heavy atom. The number of aliphatic hydroxyl groups is 1. The van der Waals surface area contributed by atoms with Gasteiger partial charge in [0.05, 0.1) is 17.3 Å². The lowest BCUT2D eigenvalue weighted by molar-refractivity contribution is -0.0412. The van der Waals surface area contributed by atoms with Crippen molar-refractivity contribution < 1.29 is 35.5 Å². The van der Waals surface area contributed by atoms with Crippen molar-refractivity contribution >= 4 is 37.3 Å². The van der Waals surface area contributed by atoms with Gasteiger partial charge in [-0.15, -0.1) is 0 Å². The number of fused-ring (bicyclic) bond motifs is 2. The second-order valence-corrected chi connectivity index (χ2v) is 14.3. The molecule has 2 aliphatic heterocycles. The SMILES string of the molecule is O=C(c1cccc(S(=O)(=O)N2CCC(F)(F)CC2)c1)N1CC2(CCCC2)c2cc(NS(=O)(=O)CCO)ccc21. The first-order valence-electron chi connectivity index (χ1n) is 12.9. The number of piperidine rings is 1. The van der Waals surface area contributed by atoms with Crippen molar-refractivity contribution in [1.82, 2.24) is 4.31 Å². The Morgan fingerprint density at radius 1 is 0.974 bits per heavy atom. The average Bonchev–Trinajstić information content (AvgIpc) is 3.48. The van der Waals surface area contributed by atoms with Crippen molar-refractivity contribution in [2.24, 2.45) is 0 Å². The fourth-order valence-corrected chi connectivity index (χ4v) is 8.21. The highest BCUT2D eigenvalue weighted by Crippen LogP contribution is 2.51. The Labute approximate surface area is 226 Å². The zero-order valence-electron chi connectivity index (χ0n) is 21.3. The van der Waals surface area contributed by atoms with Gasteiger partial charge in [-0.1, -0.05) is 18.9 Å². The van der Waals surface area contributed by atoms with Crippen LogP contribution in [0.5, 0.6) is 0 Å². The number of aliphatic hydroxyl groups excluding tert-OH is 1. The van der Waals surface area contributed by atoms with Crippen LogP contribution in [0.2, 0.25) is 0 Å². The van der Waals surface area contributed by atoms with Gasteiger partial charge in [-0.3, -0.25) is 9.52 Å². The minimum absolute atomic E-state index is 0.123. The van der Waals surface area contributed by atoms with Crippen LogP contribution in [-0.2, 0) is 25.5 Å². The van der Waals surface area contributed by atoms with E-state index in [9.17, 15) is 30.4 Å². The van der Waals surface area contributed by atoms with Crippen LogP contribution in [-0.4, -0.2) is 70.1 Å². The second-order valence-electron chi connectivity index (χ2n) is 10.5. The molecular weight excluding hydrogens is 552 g/mol. The van der Waals surface area contributed by atoms with Gasteiger partial charge in [0, 0.05) is 54.8 Å². The Balaban J connectivity index is 1.44. The number of carbonyl (C=O) groups excluding carboxylic acids is 1. The summed E-state index contributed by atoms with van der Waals surface area (Å²) in [6.07, 6.45) is 2.48. The zero-order valence-corrected chi connectivity index (χ0v) is 22.9. The zero-order chi connectivity index (χ0) is 28.1. The van der Waals surface area contributed by atoms with E-state index in [1.54, 1.807) is 23.1 Å². The third kappa shape index (κ3) is 5.41. The second kappa shape index (κ2) is 10.1. The number of nitrogens with one attached hydrogen (secondary N) is 1. The highest BCUT2D eigenvalue weighted by atomic mass is 32.2. The van der Waals surface area contributed by atoms with Crippen LogP contribution in [0.25, 0.3) is 0 Å². The number of hydrogen-bond acceptors (Lipinski definition) is 6. The molecule has 2 fully saturated rings. The fourth-order valence-electron chi connectivity index (χ4n) is 5.89. The number of hydrogen-bond donors (Lipinski definition) is 2. The number of rotatable bonds is 7. The van der Waals surface area contributed by atoms with E-state index in [4.69, 9.17) is 5.11 Å². The quantitative estimate of drug-likeness (QED) is 0.516. The van der Waals surface area contributed by atoms with Crippen molar-refractivity contribution in [3.8, 4) is 0 Å². The summed E-state index contributed by atoms with van der Waals surface area (Å²) in [5.41, 5.74) is 1.66. The van der Waals surface area contributed by atoms with Crippen LogP contribution < -0.4 is 9.62 Å². The van der Waals surface area contributed by atoms with E-state index in [-0.39, 0.29) is 29.0 Å². The van der Waals surface area contributed by atoms with Gasteiger partial charge in [0.25, 0.3) is 11.8 Å². The van der Waals surface area contributed by atoms with Crippen molar-refractivity contribution in [2.75, 3.05) is 41.6 Å². The molecule has 1 amide bonds. The van der Waals surface area contributed by atoms with Gasteiger partial charge < -0.3 is 10.0 Å². The molecule has 2 aromatic rings. The number of carbonyl (C=O) groups is 1. The molecule has 1 saturated carbocycles. The third-order valence-electron chi connectivity index (χ3n) is 7.93. The molecule has 13 heteroatoms. The van der Waals surface area contributed by atoms with Crippen molar-refractivity contribution in [3.05, 3.63) is 53.6 Å². The number of alkyl halides is 2. The van der Waals surface area contributed by atoms with E-state index in [0.29, 0.717) is 17.9 Å². The maximum Gasteiger partial charge on any atom is 0.258 e. The Bertz CT molecular complexity index is 1480. The van der Waals surface area contributed by atoms with Crippen LogP contribution >= 0.6 is 0 Å². The van der Waals surface area contributed by atoms with Crippen LogP contribution in [0, 0.1) is 0 Å². The number of halogens is 2. The molecule has 39 heavy (non-hydrogen) atoms. The highest BCUT2D eigenvalue weighted by Gasteiger charge is 2.47. The van der Waals surface area contributed by atoms with Gasteiger partial charge in [0.2, 0.25) is 20.0 Å². The monoisotopic (exact) mass is 583 g/mol. The number of amides is 1. The summed E-state index contributed by atoms with van der Waals surface area (Å²) in [6.45, 7) is -0.711. The van der Waals surface area contributed by atoms with Gasteiger partial charge in [0.15, 0.2) is 0 Å². The Kier molecular flexibility index (Phi) is 7.23. The minimum Gasteiger partial charge on any atom is -0.395 e. The summed E-state index contributed by atoms with van der Waals surface area (Å²) in [7, 11) is -7.78. The molecule has 2 aromatic carbocycles. The molecule has 5 rings (SSSR count). The number of nitrogens with zero attached hydrogens (tertiary/aromatic N) is 2. The smallest absolute Gasteiger partial charge is 0.258 e.